The maximum absolute atomic E-state index is 12.5. The van der Waals surface area contributed by atoms with Gasteiger partial charge in [-0.05, 0) is 49.4 Å². The second kappa shape index (κ2) is 8.41. The van der Waals surface area contributed by atoms with Gasteiger partial charge in [0.15, 0.2) is 5.78 Å². The number of carbonyl (C=O) groups excluding carboxylic acids is 1. The lowest BCUT2D eigenvalue weighted by Gasteiger charge is -2.11. The molecule has 144 valence electrons. The van der Waals surface area contributed by atoms with E-state index in [4.69, 9.17) is 16.3 Å². The summed E-state index contributed by atoms with van der Waals surface area (Å²) in [4.78, 5) is 15.5. The normalized spacial score (nSPS) is 11.1. The first-order chi connectivity index (χ1) is 13.3. The first-order valence-corrected chi connectivity index (χ1v) is 10.2. The Morgan fingerprint density at radius 1 is 1.11 bits per heavy atom. The molecule has 8 heteroatoms. The van der Waals surface area contributed by atoms with Crippen molar-refractivity contribution in [1.29, 1.82) is 0 Å². The Bertz CT molecular complexity index is 1080. The molecule has 0 aliphatic heterocycles. The number of benzene rings is 2. The molecular formula is C20H17ClN2O4S. The molecule has 0 saturated heterocycles. The minimum absolute atomic E-state index is 0.0455. The number of anilines is 1. The molecule has 0 bridgehead atoms. The van der Waals surface area contributed by atoms with Crippen LogP contribution in [0.2, 0.25) is 5.02 Å². The van der Waals surface area contributed by atoms with Crippen molar-refractivity contribution >= 4 is 33.1 Å². The lowest BCUT2D eigenvalue weighted by molar-refractivity contribution is 0.101. The highest BCUT2D eigenvalue weighted by molar-refractivity contribution is 7.92. The summed E-state index contributed by atoms with van der Waals surface area (Å²) in [7, 11) is -3.81. The summed E-state index contributed by atoms with van der Waals surface area (Å²) in [6.07, 6.45) is 1.67. The Morgan fingerprint density at radius 3 is 2.46 bits per heavy atom. The van der Waals surface area contributed by atoms with Gasteiger partial charge in [0.25, 0.3) is 10.0 Å². The minimum Gasteiger partial charge on any atom is -0.486 e. The SMILES string of the molecule is CC(=O)c1ccc(S(=O)(=O)Nc2ccc(OCc3ccccn3)c(Cl)c2)cc1. The highest BCUT2D eigenvalue weighted by atomic mass is 35.5. The van der Waals surface area contributed by atoms with Crippen molar-refractivity contribution in [3.8, 4) is 5.75 Å². The van der Waals surface area contributed by atoms with Crippen LogP contribution in [0.15, 0.2) is 71.8 Å². The summed E-state index contributed by atoms with van der Waals surface area (Å²) in [6, 6.07) is 15.8. The Balaban J connectivity index is 1.71. The summed E-state index contributed by atoms with van der Waals surface area (Å²) in [6.45, 7) is 1.66. The highest BCUT2D eigenvalue weighted by Crippen LogP contribution is 2.29. The van der Waals surface area contributed by atoms with E-state index in [0.29, 0.717) is 17.0 Å². The van der Waals surface area contributed by atoms with Crippen LogP contribution < -0.4 is 9.46 Å². The van der Waals surface area contributed by atoms with Crippen molar-refractivity contribution < 1.29 is 17.9 Å². The van der Waals surface area contributed by atoms with Gasteiger partial charge in [0, 0.05) is 11.8 Å². The molecule has 0 amide bonds. The van der Waals surface area contributed by atoms with Crippen molar-refractivity contribution in [2.75, 3.05) is 4.72 Å². The predicted molar refractivity (Wildman–Crippen MR) is 107 cm³/mol. The first-order valence-electron chi connectivity index (χ1n) is 8.31. The van der Waals surface area contributed by atoms with E-state index in [1.165, 1.54) is 37.3 Å². The number of nitrogens with one attached hydrogen (secondary N) is 1. The quantitative estimate of drug-likeness (QED) is 0.580. The molecule has 1 aromatic heterocycles. The molecule has 3 rings (SSSR count). The van der Waals surface area contributed by atoms with Crippen LogP contribution in [0.1, 0.15) is 23.0 Å². The van der Waals surface area contributed by atoms with Crippen LogP contribution in [0.25, 0.3) is 0 Å². The number of carbonyl (C=O) groups is 1. The van der Waals surface area contributed by atoms with Gasteiger partial charge in [-0.3, -0.25) is 14.5 Å². The number of Topliss-reactive ketones (excluding diaryl/α,β-unsaturated/α-hetero) is 1. The molecule has 1 N–H and O–H groups in total. The van der Waals surface area contributed by atoms with Crippen LogP contribution in [0.3, 0.4) is 0 Å². The van der Waals surface area contributed by atoms with Gasteiger partial charge in [0.1, 0.15) is 12.4 Å². The smallest absolute Gasteiger partial charge is 0.261 e. The molecule has 0 saturated carbocycles. The number of sulfonamides is 1. The largest absolute Gasteiger partial charge is 0.486 e. The maximum atomic E-state index is 12.5. The molecule has 6 nitrogen and oxygen atoms in total. The van der Waals surface area contributed by atoms with Gasteiger partial charge < -0.3 is 4.74 Å². The molecule has 0 spiro atoms. The number of rotatable bonds is 7. The minimum atomic E-state index is -3.81. The fraction of sp³-hybridized carbons (Fsp3) is 0.100. The zero-order chi connectivity index (χ0) is 20.1. The van der Waals surface area contributed by atoms with Crippen LogP contribution in [-0.2, 0) is 16.6 Å². The second-order valence-electron chi connectivity index (χ2n) is 5.94. The molecule has 2 aromatic carbocycles. The monoisotopic (exact) mass is 416 g/mol. The van der Waals surface area contributed by atoms with E-state index in [1.54, 1.807) is 18.3 Å². The number of nitrogens with zero attached hydrogens (tertiary/aromatic N) is 1. The predicted octanol–water partition coefficient (Wildman–Crippen LogP) is 4.32. The molecule has 0 radical (unpaired) electrons. The molecule has 28 heavy (non-hydrogen) atoms. The van der Waals surface area contributed by atoms with E-state index in [-0.39, 0.29) is 22.3 Å². The lowest BCUT2D eigenvalue weighted by atomic mass is 10.2. The number of ketones is 1. The second-order valence-corrected chi connectivity index (χ2v) is 8.03. The van der Waals surface area contributed by atoms with Crippen molar-refractivity contribution in [3.05, 3.63) is 83.1 Å². The zero-order valence-corrected chi connectivity index (χ0v) is 16.5. The lowest BCUT2D eigenvalue weighted by Crippen LogP contribution is -2.13. The Labute approximate surface area is 168 Å². The number of ether oxygens (including phenoxy) is 1. The van der Waals surface area contributed by atoms with Gasteiger partial charge in [0.05, 0.1) is 21.3 Å². The third-order valence-electron chi connectivity index (χ3n) is 3.86. The molecule has 0 fully saturated rings. The molecule has 3 aromatic rings. The van der Waals surface area contributed by atoms with Crippen molar-refractivity contribution in [2.45, 2.75) is 18.4 Å². The molecule has 0 aliphatic carbocycles. The summed E-state index contributed by atoms with van der Waals surface area (Å²) in [5, 5.41) is 0.267. The van der Waals surface area contributed by atoms with Crippen molar-refractivity contribution in [1.82, 2.24) is 4.98 Å². The van der Waals surface area contributed by atoms with E-state index >= 15 is 0 Å². The van der Waals surface area contributed by atoms with Crippen molar-refractivity contribution in [2.24, 2.45) is 0 Å². The fourth-order valence-electron chi connectivity index (χ4n) is 2.40. The molecule has 0 aliphatic rings. The van der Waals surface area contributed by atoms with Crippen LogP contribution >= 0.6 is 11.6 Å². The summed E-state index contributed by atoms with van der Waals surface area (Å²) in [5.74, 6) is 0.283. The highest BCUT2D eigenvalue weighted by Gasteiger charge is 2.15. The average molecular weight is 417 g/mol. The van der Waals surface area contributed by atoms with E-state index in [1.807, 2.05) is 18.2 Å². The molecule has 1 heterocycles. The first kappa shape index (κ1) is 19.9. The van der Waals surface area contributed by atoms with Crippen molar-refractivity contribution in [3.63, 3.8) is 0 Å². The Morgan fingerprint density at radius 2 is 1.86 bits per heavy atom. The average Bonchev–Trinajstić information content (AvgIpc) is 2.68. The topological polar surface area (TPSA) is 85.4 Å². The molecule has 0 unspecified atom stereocenters. The van der Waals surface area contributed by atoms with Gasteiger partial charge in [-0.25, -0.2) is 8.42 Å². The van der Waals surface area contributed by atoms with E-state index in [9.17, 15) is 13.2 Å². The third kappa shape index (κ3) is 4.88. The van der Waals surface area contributed by atoms with E-state index < -0.39 is 10.0 Å². The third-order valence-corrected chi connectivity index (χ3v) is 5.55. The van der Waals surface area contributed by atoms with Gasteiger partial charge in [-0.2, -0.15) is 0 Å². The molecular weight excluding hydrogens is 400 g/mol. The zero-order valence-electron chi connectivity index (χ0n) is 14.9. The Hall–Kier alpha value is -2.90. The van der Waals surface area contributed by atoms with Crippen LogP contribution in [-0.4, -0.2) is 19.2 Å². The van der Waals surface area contributed by atoms with Crippen LogP contribution in [0.5, 0.6) is 5.75 Å². The standard InChI is InChI=1S/C20H17ClN2O4S/c1-14(24)15-5-8-18(9-6-15)28(25,26)23-16-7-10-20(19(21)12-16)27-13-17-4-2-3-11-22-17/h2-12,23H,13H2,1H3. The summed E-state index contributed by atoms with van der Waals surface area (Å²) in [5.41, 5.74) is 1.49. The van der Waals surface area contributed by atoms with Gasteiger partial charge in [0.2, 0.25) is 0 Å². The number of aromatic nitrogens is 1. The van der Waals surface area contributed by atoms with E-state index in [0.717, 1.165) is 5.69 Å². The van der Waals surface area contributed by atoms with Gasteiger partial charge >= 0.3 is 0 Å². The summed E-state index contributed by atoms with van der Waals surface area (Å²) >= 11 is 6.21. The Kier molecular flexibility index (Phi) is 5.96. The molecule has 0 atom stereocenters. The number of halogens is 1. The maximum Gasteiger partial charge on any atom is 0.261 e. The number of pyridine rings is 1. The van der Waals surface area contributed by atoms with E-state index in [2.05, 4.69) is 9.71 Å². The van der Waals surface area contributed by atoms with Gasteiger partial charge in [-0.1, -0.05) is 29.8 Å². The van der Waals surface area contributed by atoms with Crippen LogP contribution in [0.4, 0.5) is 5.69 Å². The van der Waals surface area contributed by atoms with Crippen LogP contribution in [0, 0.1) is 0 Å². The van der Waals surface area contributed by atoms with Gasteiger partial charge in [-0.15, -0.1) is 0 Å². The number of hydrogen-bond donors (Lipinski definition) is 1. The summed E-state index contributed by atoms with van der Waals surface area (Å²) < 4.78 is 33.1. The fourth-order valence-corrected chi connectivity index (χ4v) is 3.68. The number of hydrogen-bond acceptors (Lipinski definition) is 5.